The molecule has 0 spiro atoms. The Morgan fingerprint density at radius 3 is 3.04 bits per heavy atom. The quantitative estimate of drug-likeness (QED) is 0.779. The lowest BCUT2D eigenvalue weighted by Gasteiger charge is -2.28. The second-order valence-corrected chi connectivity index (χ2v) is 6.35. The van der Waals surface area contributed by atoms with E-state index in [0.717, 1.165) is 29.1 Å². The van der Waals surface area contributed by atoms with E-state index in [0.29, 0.717) is 11.4 Å². The van der Waals surface area contributed by atoms with Crippen molar-refractivity contribution in [2.24, 2.45) is 0 Å². The third kappa shape index (κ3) is 3.26. The Bertz CT molecular complexity index is 772. The van der Waals surface area contributed by atoms with E-state index < -0.39 is 5.97 Å². The van der Waals surface area contributed by atoms with E-state index in [1.807, 2.05) is 17.5 Å². The Hall–Kier alpha value is -2.41. The predicted molar refractivity (Wildman–Crippen MR) is 91.4 cm³/mol. The van der Waals surface area contributed by atoms with Crippen LogP contribution in [-0.4, -0.2) is 37.1 Å². The Morgan fingerprint density at radius 1 is 1.46 bits per heavy atom. The second-order valence-electron chi connectivity index (χ2n) is 5.40. The van der Waals surface area contributed by atoms with Gasteiger partial charge in [0.05, 0.1) is 23.5 Å². The summed E-state index contributed by atoms with van der Waals surface area (Å²) in [5.74, 6) is -0.165. The third-order valence-corrected chi connectivity index (χ3v) is 4.64. The van der Waals surface area contributed by atoms with Crippen molar-refractivity contribution in [2.45, 2.75) is 19.8 Å². The standard InChI is InChI=1S/C17H18N2O4S/c1-3-4-15-18-12(10-24-15)11-5-6-14-13(7-11)19(8-17(21)22-2)16(20)9-23-14/h5-7,10H,3-4,8-9H2,1-2H3. The number of carbonyl (C=O) groups excluding carboxylic acids is 2. The minimum absolute atomic E-state index is 0.0826. The monoisotopic (exact) mass is 346 g/mol. The van der Waals surface area contributed by atoms with Crippen LogP contribution in [0.25, 0.3) is 11.3 Å². The van der Waals surface area contributed by atoms with Crippen LogP contribution in [0, 0.1) is 0 Å². The molecular formula is C17H18N2O4S. The van der Waals surface area contributed by atoms with Gasteiger partial charge < -0.3 is 9.47 Å². The topological polar surface area (TPSA) is 68.7 Å². The number of fused-ring (bicyclic) bond motifs is 1. The maximum Gasteiger partial charge on any atom is 0.325 e. The molecule has 0 atom stereocenters. The van der Waals surface area contributed by atoms with Gasteiger partial charge in [0, 0.05) is 10.9 Å². The van der Waals surface area contributed by atoms with Crippen molar-refractivity contribution in [3.05, 3.63) is 28.6 Å². The molecule has 0 saturated heterocycles. The molecule has 1 aromatic carbocycles. The lowest BCUT2D eigenvalue weighted by atomic mass is 10.1. The SMILES string of the molecule is CCCc1nc(-c2ccc3c(c2)N(CC(=O)OC)C(=O)CO3)cs1. The van der Waals surface area contributed by atoms with Crippen molar-refractivity contribution >= 4 is 28.9 Å². The molecule has 0 fully saturated rings. The van der Waals surface area contributed by atoms with Crippen molar-refractivity contribution in [1.82, 2.24) is 4.98 Å². The molecule has 2 aromatic rings. The summed E-state index contributed by atoms with van der Waals surface area (Å²) in [5.41, 5.74) is 2.32. The summed E-state index contributed by atoms with van der Waals surface area (Å²) in [7, 11) is 1.30. The first-order chi connectivity index (χ1) is 11.6. The Kier molecular flexibility index (Phi) is 4.80. The fraction of sp³-hybridized carbons (Fsp3) is 0.353. The molecule has 0 N–H and O–H groups in total. The molecule has 0 aliphatic carbocycles. The normalized spacial score (nSPS) is 13.4. The summed E-state index contributed by atoms with van der Waals surface area (Å²) in [6, 6.07) is 5.55. The lowest BCUT2D eigenvalue weighted by Crippen LogP contribution is -2.42. The first-order valence-electron chi connectivity index (χ1n) is 7.71. The molecule has 1 aliphatic rings. The number of aryl methyl sites for hydroxylation is 1. The van der Waals surface area contributed by atoms with Crippen molar-refractivity contribution in [2.75, 3.05) is 25.2 Å². The molecule has 6 nitrogen and oxygen atoms in total. The highest BCUT2D eigenvalue weighted by molar-refractivity contribution is 7.09. The highest BCUT2D eigenvalue weighted by Gasteiger charge is 2.28. The van der Waals surface area contributed by atoms with Crippen LogP contribution < -0.4 is 9.64 Å². The van der Waals surface area contributed by atoms with Gasteiger partial charge in [-0.25, -0.2) is 4.98 Å². The number of hydrogen-bond donors (Lipinski definition) is 0. The van der Waals surface area contributed by atoms with E-state index in [1.165, 1.54) is 12.0 Å². The predicted octanol–water partition coefficient (Wildman–Crippen LogP) is 2.66. The van der Waals surface area contributed by atoms with Gasteiger partial charge in [0.25, 0.3) is 5.91 Å². The van der Waals surface area contributed by atoms with Gasteiger partial charge in [-0.05, 0) is 31.0 Å². The third-order valence-electron chi connectivity index (χ3n) is 3.73. The van der Waals surface area contributed by atoms with Crippen LogP contribution in [0.15, 0.2) is 23.6 Å². The molecule has 0 bridgehead atoms. The number of benzene rings is 1. The molecule has 24 heavy (non-hydrogen) atoms. The van der Waals surface area contributed by atoms with Crippen molar-refractivity contribution in [3.63, 3.8) is 0 Å². The number of anilines is 1. The number of thiazole rings is 1. The number of rotatable bonds is 5. The number of methoxy groups -OCH3 is 1. The van der Waals surface area contributed by atoms with Gasteiger partial charge in [0.2, 0.25) is 0 Å². The highest BCUT2D eigenvalue weighted by atomic mass is 32.1. The van der Waals surface area contributed by atoms with Gasteiger partial charge in [0.15, 0.2) is 6.61 Å². The number of esters is 1. The summed E-state index contributed by atoms with van der Waals surface area (Å²) in [5, 5.41) is 3.09. The van der Waals surface area contributed by atoms with Gasteiger partial charge in [-0.2, -0.15) is 0 Å². The Labute approximate surface area is 144 Å². The molecule has 0 saturated carbocycles. The van der Waals surface area contributed by atoms with E-state index in [-0.39, 0.29) is 19.1 Å². The van der Waals surface area contributed by atoms with Crippen LogP contribution in [0.5, 0.6) is 5.75 Å². The van der Waals surface area contributed by atoms with Crippen LogP contribution in [0.4, 0.5) is 5.69 Å². The average molecular weight is 346 g/mol. The van der Waals surface area contributed by atoms with Crippen LogP contribution in [0.2, 0.25) is 0 Å². The van der Waals surface area contributed by atoms with Crippen LogP contribution in [-0.2, 0) is 20.7 Å². The number of hydrogen-bond acceptors (Lipinski definition) is 6. The average Bonchev–Trinajstić information content (AvgIpc) is 3.06. The van der Waals surface area contributed by atoms with Crippen molar-refractivity contribution < 1.29 is 19.1 Å². The summed E-state index contributed by atoms with van der Waals surface area (Å²) < 4.78 is 10.1. The lowest BCUT2D eigenvalue weighted by molar-refractivity contribution is -0.140. The van der Waals surface area contributed by atoms with Gasteiger partial charge in [0.1, 0.15) is 12.3 Å². The van der Waals surface area contributed by atoms with Crippen LogP contribution in [0.1, 0.15) is 18.4 Å². The number of aromatic nitrogens is 1. The number of amides is 1. The zero-order valence-electron chi connectivity index (χ0n) is 13.6. The molecule has 126 valence electrons. The fourth-order valence-electron chi connectivity index (χ4n) is 2.50. The number of nitrogens with zero attached hydrogens (tertiary/aromatic N) is 2. The molecule has 3 rings (SSSR count). The molecule has 1 aromatic heterocycles. The van der Waals surface area contributed by atoms with Gasteiger partial charge in [-0.1, -0.05) is 6.92 Å². The molecule has 1 aliphatic heterocycles. The van der Waals surface area contributed by atoms with E-state index >= 15 is 0 Å². The van der Waals surface area contributed by atoms with E-state index in [4.69, 9.17) is 4.74 Å². The van der Waals surface area contributed by atoms with Crippen molar-refractivity contribution in [3.8, 4) is 17.0 Å². The smallest absolute Gasteiger partial charge is 0.325 e. The van der Waals surface area contributed by atoms with Gasteiger partial charge in [-0.3, -0.25) is 14.5 Å². The van der Waals surface area contributed by atoms with Gasteiger partial charge in [-0.15, -0.1) is 11.3 Å². The zero-order valence-corrected chi connectivity index (χ0v) is 14.4. The molecule has 2 heterocycles. The summed E-state index contributed by atoms with van der Waals surface area (Å²) in [4.78, 5) is 29.7. The Balaban J connectivity index is 1.95. The number of ether oxygens (including phenoxy) is 2. The van der Waals surface area contributed by atoms with Crippen LogP contribution >= 0.6 is 11.3 Å². The minimum Gasteiger partial charge on any atom is -0.482 e. The van der Waals surface area contributed by atoms with E-state index in [9.17, 15) is 9.59 Å². The summed E-state index contributed by atoms with van der Waals surface area (Å²) in [6.45, 7) is 1.90. The molecular weight excluding hydrogens is 328 g/mol. The maximum atomic E-state index is 12.1. The molecule has 1 amide bonds. The zero-order chi connectivity index (χ0) is 17.1. The van der Waals surface area contributed by atoms with E-state index in [2.05, 4.69) is 16.6 Å². The molecule has 0 unspecified atom stereocenters. The second kappa shape index (κ2) is 7.00. The minimum atomic E-state index is -0.472. The Morgan fingerprint density at radius 2 is 2.29 bits per heavy atom. The largest absolute Gasteiger partial charge is 0.482 e. The fourth-order valence-corrected chi connectivity index (χ4v) is 3.41. The molecule has 0 radical (unpaired) electrons. The molecule has 7 heteroatoms. The van der Waals surface area contributed by atoms with Crippen molar-refractivity contribution in [1.29, 1.82) is 0 Å². The summed E-state index contributed by atoms with van der Waals surface area (Å²) >= 11 is 1.62. The first-order valence-corrected chi connectivity index (χ1v) is 8.59. The maximum absolute atomic E-state index is 12.1. The van der Waals surface area contributed by atoms with Gasteiger partial charge >= 0.3 is 5.97 Å². The number of carbonyl (C=O) groups is 2. The summed E-state index contributed by atoms with van der Waals surface area (Å²) in [6.07, 6.45) is 2.00. The first kappa shape index (κ1) is 16.4. The van der Waals surface area contributed by atoms with Crippen LogP contribution in [0.3, 0.4) is 0 Å². The highest BCUT2D eigenvalue weighted by Crippen LogP contribution is 2.36. The van der Waals surface area contributed by atoms with E-state index in [1.54, 1.807) is 17.4 Å².